The highest BCUT2D eigenvalue weighted by Gasteiger charge is 2.14. The maximum Gasteiger partial charge on any atom is 0.260 e. The van der Waals surface area contributed by atoms with Crippen molar-refractivity contribution in [1.29, 1.82) is 0 Å². The number of aryl methyl sites for hydroxylation is 2. The molecule has 0 unspecified atom stereocenters. The number of hydrogen-bond donors (Lipinski definition) is 1. The first kappa shape index (κ1) is 11.9. The Balaban J connectivity index is 2.28. The van der Waals surface area contributed by atoms with E-state index in [1.165, 1.54) is 6.26 Å². The summed E-state index contributed by atoms with van der Waals surface area (Å²) in [5.74, 6) is -0.178. The minimum atomic E-state index is -0.178. The SMILES string of the molecule is Cc1cccc(C)c1NC(=O)c1ccoc1Br. The van der Waals surface area contributed by atoms with Gasteiger partial charge in [0.1, 0.15) is 0 Å². The summed E-state index contributed by atoms with van der Waals surface area (Å²) < 4.78 is 5.49. The fourth-order valence-corrected chi connectivity index (χ4v) is 2.07. The largest absolute Gasteiger partial charge is 0.457 e. The molecule has 1 heterocycles. The number of halogens is 1. The fraction of sp³-hybridized carbons (Fsp3) is 0.154. The van der Waals surface area contributed by atoms with Crippen LogP contribution in [0.4, 0.5) is 5.69 Å². The van der Waals surface area contributed by atoms with Gasteiger partial charge in [-0.3, -0.25) is 4.79 Å². The molecule has 1 N–H and O–H groups in total. The van der Waals surface area contributed by atoms with E-state index < -0.39 is 0 Å². The van der Waals surface area contributed by atoms with Gasteiger partial charge in [-0.1, -0.05) is 18.2 Å². The van der Waals surface area contributed by atoms with E-state index >= 15 is 0 Å². The number of anilines is 1. The number of rotatable bonds is 2. The predicted molar refractivity (Wildman–Crippen MR) is 70.3 cm³/mol. The average Bonchev–Trinajstić information content (AvgIpc) is 2.70. The normalized spacial score (nSPS) is 10.3. The summed E-state index contributed by atoms with van der Waals surface area (Å²) in [7, 11) is 0. The zero-order valence-corrected chi connectivity index (χ0v) is 11.2. The zero-order chi connectivity index (χ0) is 12.4. The molecule has 0 bridgehead atoms. The summed E-state index contributed by atoms with van der Waals surface area (Å²) >= 11 is 3.19. The maximum atomic E-state index is 12.0. The van der Waals surface area contributed by atoms with Gasteiger partial charge in [-0.25, -0.2) is 0 Å². The minimum absolute atomic E-state index is 0.178. The Bertz CT molecular complexity index is 540. The molecule has 0 saturated carbocycles. The monoisotopic (exact) mass is 293 g/mol. The van der Waals surface area contributed by atoms with Crippen LogP contribution >= 0.6 is 15.9 Å². The van der Waals surface area contributed by atoms with Crippen LogP contribution in [0.5, 0.6) is 0 Å². The van der Waals surface area contributed by atoms with Crippen molar-refractivity contribution in [2.75, 3.05) is 5.32 Å². The van der Waals surface area contributed by atoms with Crippen molar-refractivity contribution in [1.82, 2.24) is 0 Å². The molecule has 0 aliphatic heterocycles. The first-order chi connectivity index (χ1) is 8.09. The van der Waals surface area contributed by atoms with E-state index in [0.717, 1.165) is 16.8 Å². The Labute approximate surface area is 108 Å². The van der Waals surface area contributed by atoms with Crippen LogP contribution in [-0.4, -0.2) is 5.91 Å². The standard InChI is InChI=1S/C13H12BrNO2/c1-8-4-3-5-9(2)11(8)15-13(16)10-6-7-17-12(10)14/h3-7H,1-2H3,(H,15,16). The third kappa shape index (κ3) is 2.42. The third-order valence-electron chi connectivity index (χ3n) is 2.58. The van der Waals surface area contributed by atoms with E-state index in [4.69, 9.17) is 4.42 Å². The molecule has 3 nitrogen and oxygen atoms in total. The number of carbonyl (C=O) groups excluding carboxylic acids is 1. The lowest BCUT2D eigenvalue weighted by atomic mass is 10.1. The lowest BCUT2D eigenvalue weighted by Gasteiger charge is -2.10. The van der Waals surface area contributed by atoms with Crippen molar-refractivity contribution < 1.29 is 9.21 Å². The van der Waals surface area contributed by atoms with Crippen molar-refractivity contribution in [2.45, 2.75) is 13.8 Å². The summed E-state index contributed by atoms with van der Waals surface area (Å²) in [5.41, 5.74) is 3.43. The Morgan fingerprint density at radius 2 is 1.88 bits per heavy atom. The second kappa shape index (κ2) is 4.75. The predicted octanol–water partition coefficient (Wildman–Crippen LogP) is 3.91. The van der Waals surface area contributed by atoms with E-state index in [-0.39, 0.29) is 5.91 Å². The number of benzene rings is 1. The molecular weight excluding hydrogens is 282 g/mol. The molecule has 1 amide bonds. The van der Waals surface area contributed by atoms with Gasteiger partial charge in [0, 0.05) is 5.69 Å². The number of carbonyl (C=O) groups is 1. The summed E-state index contributed by atoms with van der Waals surface area (Å²) in [6, 6.07) is 7.53. The Morgan fingerprint density at radius 3 is 2.41 bits per heavy atom. The van der Waals surface area contributed by atoms with E-state index in [1.807, 2.05) is 32.0 Å². The van der Waals surface area contributed by atoms with E-state index in [1.54, 1.807) is 6.07 Å². The first-order valence-corrected chi connectivity index (χ1v) is 5.99. The molecule has 1 aromatic carbocycles. The van der Waals surface area contributed by atoms with E-state index in [9.17, 15) is 4.79 Å². The molecule has 17 heavy (non-hydrogen) atoms. The lowest BCUT2D eigenvalue weighted by molar-refractivity contribution is 0.102. The average molecular weight is 294 g/mol. The van der Waals surface area contributed by atoms with Gasteiger partial charge in [0.2, 0.25) is 0 Å². The second-order valence-electron chi connectivity index (χ2n) is 3.83. The summed E-state index contributed by atoms with van der Waals surface area (Å²) in [6.07, 6.45) is 1.48. The molecule has 0 aliphatic carbocycles. The third-order valence-corrected chi connectivity index (χ3v) is 3.20. The Kier molecular flexibility index (Phi) is 3.33. The Morgan fingerprint density at radius 1 is 1.24 bits per heavy atom. The molecule has 0 aliphatic rings. The first-order valence-electron chi connectivity index (χ1n) is 5.20. The number of amides is 1. The zero-order valence-electron chi connectivity index (χ0n) is 9.58. The number of nitrogens with one attached hydrogen (secondary N) is 1. The summed E-state index contributed by atoms with van der Waals surface area (Å²) in [5, 5.41) is 2.89. The quantitative estimate of drug-likeness (QED) is 0.912. The van der Waals surface area contributed by atoms with Crippen molar-refractivity contribution in [3.8, 4) is 0 Å². The molecule has 1 aromatic heterocycles. The van der Waals surface area contributed by atoms with Crippen LogP contribution in [0.2, 0.25) is 0 Å². The second-order valence-corrected chi connectivity index (χ2v) is 4.55. The van der Waals surface area contributed by atoms with Crippen LogP contribution in [0.15, 0.2) is 39.6 Å². The lowest BCUT2D eigenvalue weighted by Crippen LogP contribution is -2.13. The highest BCUT2D eigenvalue weighted by Crippen LogP contribution is 2.23. The summed E-state index contributed by atoms with van der Waals surface area (Å²) in [6.45, 7) is 3.93. The molecule has 0 saturated heterocycles. The van der Waals surface area contributed by atoms with Crippen LogP contribution in [0.1, 0.15) is 21.5 Å². The van der Waals surface area contributed by atoms with Crippen molar-refractivity contribution in [2.24, 2.45) is 0 Å². The topological polar surface area (TPSA) is 42.2 Å². The molecule has 4 heteroatoms. The van der Waals surface area contributed by atoms with Crippen LogP contribution in [0.3, 0.4) is 0 Å². The van der Waals surface area contributed by atoms with Crippen molar-refractivity contribution >= 4 is 27.5 Å². The number of hydrogen-bond acceptors (Lipinski definition) is 2. The van der Waals surface area contributed by atoms with Crippen molar-refractivity contribution in [3.05, 3.63) is 51.9 Å². The minimum Gasteiger partial charge on any atom is -0.457 e. The van der Waals surface area contributed by atoms with E-state index in [0.29, 0.717) is 10.2 Å². The molecular formula is C13H12BrNO2. The fourth-order valence-electron chi connectivity index (χ4n) is 1.65. The maximum absolute atomic E-state index is 12.0. The Hall–Kier alpha value is -1.55. The molecule has 0 spiro atoms. The van der Waals surface area contributed by atoms with Crippen molar-refractivity contribution in [3.63, 3.8) is 0 Å². The van der Waals surface area contributed by atoms with Gasteiger partial charge in [-0.15, -0.1) is 0 Å². The summed E-state index contributed by atoms with van der Waals surface area (Å²) in [4.78, 5) is 12.0. The highest BCUT2D eigenvalue weighted by atomic mass is 79.9. The van der Waals surface area contributed by atoms with Gasteiger partial charge in [0.25, 0.3) is 5.91 Å². The van der Waals surface area contributed by atoms with Gasteiger partial charge in [-0.2, -0.15) is 0 Å². The van der Waals surface area contributed by atoms with Gasteiger partial charge >= 0.3 is 0 Å². The van der Waals surface area contributed by atoms with Crippen LogP contribution in [0, 0.1) is 13.8 Å². The van der Waals surface area contributed by atoms with Gasteiger partial charge in [-0.05, 0) is 47.0 Å². The smallest absolute Gasteiger partial charge is 0.260 e. The molecule has 2 rings (SSSR count). The molecule has 0 radical (unpaired) electrons. The molecule has 0 fully saturated rings. The van der Waals surface area contributed by atoms with Gasteiger partial charge in [0.05, 0.1) is 11.8 Å². The molecule has 2 aromatic rings. The molecule has 88 valence electrons. The van der Waals surface area contributed by atoms with Crippen LogP contribution in [-0.2, 0) is 0 Å². The van der Waals surface area contributed by atoms with Gasteiger partial charge < -0.3 is 9.73 Å². The van der Waals surface area contributed by atoms with Gasteiger partial charge in [0.15, 0.2) is 4.67 Å². The van der Waals surface area contributed by atoms with E-state index in [2.05, 4.69) is 21.2 Å². The molecule has 0 atom stereocenters. The van der Waals surface area contributed by atoms with Crippen LogP contribution < -0.4 is 5.32 Å². The number of para-hydroxylation sites is 1. The number of furan rings is 1. The highest BCUT2D eigenvalue weighted by molar-refractivity contribution is 9.10. The van der Waals surface area contributed by atoms with Crippen LogP contribution in [0.25, 0.3) is 0 Å².